The molecule has 1 amide bonds. The van der Waals surface area contributed by atoms with Crippen molar-refractivity contribution in [1.29, 1.82) is 0 Å². The van der Waals surface area contributed by atoms with Gasteiger partial charge in [0.2, 0.25) is 5.91 Å². The number of carbonyl (C=O) groups excluding carboxylic acids is 1. The van der Waals surface area contributed by atoms with Crippen molar-refractivity contribution in [2.24, 2.45) is 0 Å². The highest BCUT2D eigenvalue weighted by Crippen LogP contribution is 2.13. The van der Waals surface area contributed by atoms with Gasteiger partial charge < -0.3 is 10.0 Å². The standard InChI is InChI=1S/C13H21N3O3S/c1-4-16(6-5-13(18)19)8-10-9-20-11(14-10)7-12(17)15(2)3/h9H,4-8H2,1-3H3,(H,18,19). The first kappa shape index (κ1) is 16.6. The third kappa shape index (κ3) is 5.66. The van der Waals surface area contributed by atoms with Crippen LogP contribution >= 0.6 is 11.3 Å². The zero-order valence-corrected chi connectivity index (χ0v) is 12.9. The molecule has 1 aromatic heterocycles. The van der Waals surface area contributed by atoms with E-state index in [1.54, 1.807) is 19.0 Å². The van der Waals surface area contributed by atoms with E-state index in [-0.39, 0.29) is 12.3 Å². The molecular weight excluding hydrogens is 278 g/mol. The summed E-state index contributed by atoms with van der Waals surface area (Å²) in [4.78, 5) is 30.2. The number of aromatic nitrogens is 1. The summed E-state index contributed by atoms with van der Waals surface area (Å²) in [5, 5.41) is 11.4. The lowest BCUT2D eigenvalue weighted by atomic mass is 10.3. The minimum atomic E-state index is -0.793. The molecule has 0 fully saturated rings. The largest absolute Gasteiger partial charge is 0.481 e. The van der Waals surface area contributed by atoms with Crippen LogP contribution in [0.1, 0.15) is 24.0 Å². The van der Waals surface area contributed by atoms with Gasteiger partial charge in [-0.2, -0.15) is 0 Å². The first-order valence-electron chi connectivity index (χ1n) is 6.50. The van der Waals surface area contributed by atoms with Crippen molar-refractivity contribution in [3.8, 4) is 0 Å². The molecule has 0 saturated heterocycles. The van der Waals surface area contributed by atoms with Crippen LogP contribution in [0.5, 0.6) is 0 Å². The monoisotopic (exact) mass is 299 g/mol. The molecule has 1 N–H and O–H groups in total. The molecule has 0 saturated carbocycles. The van der Waals surface area contributed by atoms with Crippen LogP contribution in [0.2, 0.25) is 0 Å². The number of carboxylic acids is 1. The van der Waals surface area contributed by atoms with E-state index >= 15 is 0 Å². The molecule has 0 atom stereocenters. The van der Waals surface area contributed by atoms with E-state index in [4.69, 9.17) is 5.11 Å². The summed E-state index contributed by atoms with van der Waals surface area (Å²) in [6.45, 7) is 3.90. The Morgan fingerprint density at radius 1 is 1.40 bits per heavy atom. The fourth-order valence-corrected chi connectivity index (χ4v) is 2.40. The first-order chi connectivity index (χ1) is 9.42. The lowest BCUT2D eigenvalue weighted by Crippen LogP contribution is -2.26. The molecule has 0 radical (unpaired) electrons. The number of hydrogen-bond donors (Lipinski definition) is 1. The molecule has 20 heavy (non-hydrogen) atoms. The van der Waals surface area contributed by atoms with Crippen molar-refractivity contribution in [1.82, 2.24) is 14.8 Å². The normalized spacial score (nSPS) is 10.8. The van der Waals surface area contributed by atoms with Gasteiger partial charge in [-0.25, -0.2) is 4.98 Å². The van der Waals surface area contributed by atoms with E-state index in [1.165, 1.54) is 11.3 Å². The maximum Gasteiger partial charge on any atom is 0.304 e. The van der Waals surface area contributed by atoms with E-state index in [2.05, 4.69) is 4.98 Å². The van der Waals surface area contributed by atoms with Crippen LogP contribution in [0.3, 0.4) is 0 Å². The van der Waals surface area contributed by atoms with Crippen LogP contribution in [0.15, 0.2) is 5.38 Å². The molecule has 6 nitrogen and oxygen atoms in total. The molecule has 0 spiro atoms. The van der Waals surface area contributed by atoms with Gasteiger partial charge in [0.15, 0.2) is 0 Å². The summed E-state index contributed by atoms with van der Waals surface area (Å²) in [6, 6.07) is 0. The number of hydrogen-bond acceptors (Lipinski definition) is 5. The van der Waals surface area contributed by atoms with E-state index in [0.717, 1.165) is 17.2 Å². The smallest absolute Gasteiger partial charge is 0.304 e. The van der Waals surface area contributed by atoms with Gasteiger partial charge in [-0.05, 0) is 6.54 Å². The molecule has 1 heterocycles. The summed E-state index contributed by atoms with van der Waals surface area (Å²) >= 11 is 1.47. The molecule has 0 unspecified atom stereocenters. The number of rotatable bonds is 8. The third-order valence-electron chi connectivity index (χ3n) is 2.88. The van der Waals surface area contributed by atoms with Crippen molar-refractivity contribution >= 4 is 23.2 Å². The Morgan fingerprint density at radius 2 is 2.10 bits per heavy atom. The minimum Gasteiger partial charge on any atom is -0.481 e. The lowest BCUT2D eigenvalue weighted by Gasteiger charge is -2.17. The van der Waals surface area contributed by atoms with Crippen LogP contribution in [0.25, 0.3) is 0 Å². The van der Waals surface area contributed by atoms with Gasteiger partial charge in [-0.15, -0.1) is 11.3 Å². The summed E-state index contributed by atoms with van der Waals surface area (Å²) in [5.41, 5.74) is 0.892. The number of nitrogens with zero attached hydrogens (tertiary/aromatic N) is 3. The zero-order chi connectivity index (χ0) is 15.1. The Kier molecular flexibility index (Phi) is 6.60. The number of thiazole rings is 1. The Hall–Kier alpha value is -1.47. The highest BCUT2D eigenvalue weighted by atomic mass is 32.1. The maximum absolute atomic E-state index is 11.6. The molecule has 1 aromatic rings. The second-order valence-corrected chi connectivity index (χ2v) is 5.65. The Balaban J connectivity index is 2.53. The Bertz CT molecular complexity index is 459. The molecule has 0 aromatic carbocycles. The van der Waals surface area contributed by atoms with Crippen LogP contribution in [-0.2, 0) is 22.6 Å². The molecule has 0 aliphatic carbocycles. The van der Waals surface area contributed by atoms with Gasteiger partial charge in [-0.3, -0.25) is 14.5 Å². The average molecular weight is 299 g/mol. The topological polar surface area (TPSA) is 73.7 Å². The maximum atomic E-state index is 11.6. The van der Waals surface area contributed by atoms with Crippen molar-refractivity contribution in [3.63, 3.8) is 0 Å². The zero-order valence-electron chi connectivity index (χ0n) is 12.1. The molecule has 0 bridgehead atoms. The molecule has 1 rings (SSSR count). The molecule has 112 valence electrons. The van der Waals surface area contributed by atoms with Crippen molar-refractivity contribution in [3.05, 3.63) is 16.1 Å². The van der Waals surface area contributed by atoms with E-state index in [0.29, 0.717) is 19.5 Å². The SMILES string of the molecule is CCN(CCC(=O)O)Cc1csc(CC(=O)N(C)C)n1. The molecule has 7 heteroatoms. The third-order valence-corrected chi connectivity index (χ3v) is 3.77. The summed E-state index contributed by atoms with van der Waals surface area (Å²) in [7, 11) is 3.45. The van der Waals surface area contributed by atoms with Gasteiger partial charge in [0.05, 0.1) is 18.5 Å². The van der Waals surface area contributed by atoms with Crippen molar-refractivity contribution < 1.29 is 14.7 Å². The molecule has 0 aliphatic rings. The van der Waals surface area contributed by atoms with Gasteiger partial charge in [0.25, 0.3) is 0 Å². The van der Waals surface area contributed by atoms with Gasteiger partial charge >= 0.3 is 5.97 Å². The first-order valence-corrected chi connectivity index (χ1v) is 7.38. The highest BCUT2D eigenvalue weighted by molar-refractivity contribution is 7.09. The number of amides is 1. The second-order valence-electron chi connectivity index (χ2n) is 4.71. The number of carboxylic acid groups (broad SMARTS) is 1. The molecule has 0 aliphatic heterocycles. The fourth-order valence-electron chi connectivity index (χ4n) is 1.62. The number of carbonyl (C=O) groups is 2. The van der Waals surface area contributed by atoms with Crippen molar-refractivity contribution in [2.75, 3.05) is 27.2 Å². The lowest BCUT2D eigenvalue weighted by molar-refractivity contribution is -0.137. The van der Waals surface area contributed by atoms with E-state index in [9.17, 15) is 9.59 Å². The predicted molar refractivity (Wildman–Crippen MR) is 77.7 cm³/mol. The minimum absolute atomic E-state index is 0.0316. The molecular formula is C13H21N3O3S. The summed E-state index contributed by atoms with van der Waals surface area (Å²) < 4.78 is 0. The van der Waals surface area contributed by atoms with Crippen molar-refractivity contribution in [2.45, 2.75) is 26.3 Å². The van der Waals surface area contributed by atoms with Crippen LogP contribution in [0.4, 0.5) is 0 Å². The van der Waals surface area contributed by atoms with Gasteiger partial charge in [0, 0.05) is 32.6 Å². The van der Waals surface area contributed by atoms with E-state index in [1.807, 2.05) is 17.2 Å². The van der Waals surface area contributed by atoms with Gasteiger partial charge in [0.1, 0.15) is 5.01 Å². The second kappa shape index (κ2) is 7.96. The summed E-state index contributed by atoms with van der Waals surface area (Å²) in [6.07, 6.45) is 0.447. The Labute approximate surface area is 123 Å². The summed E-state index contributed by atoms with van der Waals surface area (Å²) in [5.74, 6) is -0.761. The van der Waals surface area contributed by atoms with Crippen LogP contribution < -0.4 is 0 Å². The fraction of sp³-hybridized carbons (Fsp3) is 0.615. The predicted octanol–water partition coefficient (Wildman–Crippen LogP) is 1.07. The van der Waals surface area contributed by atoms with Crippen LogP contribution in [0, 0.1) is 0 Å². The Morgan fingerprint density at radius 3 is 2.65 bits per heavy atom. The van der Waals surface area contributed by atoms with Crippen LogP contribution in [-0.4, -0.2) is 59.0 Å². The number of likely N-dealkylation sites (N-methyl/N-ethyl adjacent to an activating group) is 1. The quantitative estimate of drug-likeness (QED) is 0.777. The van der Waals surface area contributed by atoms with Gasteiger partial charge in [-0.1, -0.05) is 6.92 Å². The highest BCUT2D eigenvalue weighted by Gasteiger charge is 2.12. The number of aliphatic carboxylic acids is 1. The average Bonchev–Trinajstić information content (AvgIpc) is 2.81. The van der Waals surface area contributed by atoms with E-state index < -0.39 is 5.97 Å².